The Kier molecular flexibility index (Phi) is 12.9. The van der Waals surface area contributed by atoms with Crippen LogP contribution >= 0.6 is 0 Å². The van der Waals surface area contributed by atoms with Crippen molar-refractivity contribution in [3.8, 4) is 17.2 Å². The molecule has 0 aliphatic rings. The molecular weight excluding hydrogens is 487 g/mol. The van der Waals surface area contributed by atoms with Gasteiger partial charge in [0.2, 0.25) is 0 Å². The quantitative estimate of drug-likeness (QED) is 0.387. The maximum absolute atomic E-state index is 8.89. The van der Waals surface area contributed by atoms with Gasteiger partial charge in [-0.15, -0.1) is 0 Å². The van der Waals surface area contributed by atoms with E-state index >= 15 is 0 Å². The van der Waals surface area contributed by atoms with E-state index in [9.17, 15) is 0 Å². The Balaban J connectivity index is 0.000000384. The summed E-state index contributed by atoms with van der Waals surface area (Å²) in [6, 6.07) is 24.6. The van der Waals surface area contributed by atoms with Crippen molar-refractivity contribution in [2.75, 3.05) is 0 Å². The van der Waals surface area contributed by atoms with Crippen molar-refractivity contribution in [3.63, 3.8) is 0 Å². The summed E-state index contributed by atoms with van der Waals surface area (Å²) >= 11 is 0. The van der Waals surface area contributed by atoms with E-state index < -0.39 is 0 Å². The van der Waals surface area contributed by atoms with Crippen molar-refractivity contribution < 1.29 is 65.3 Å². The molecule has 0 bridgehead atoms. The second-order valence-electron chi connectivity index (χ2n) is 5.13. The zero-order valence-corrected chi connectivity index (χ0v) is 18.7. The van der Waals surface area contributed by atoms with Crippen molar-refractivity contribution in [3.05, 3.63) is 107 Å². The molecule has 9 N–H and O–H groups in total. The molecule has 6 nitrogen and oxygen atoms in total. The molecule has 0 aliphatic carbocycles. The van der Waals surface area contributed by atoms with Crippen molar-refractivity contribution >= 4 is 0 Å². The Bertz CT molecular complexity index is 906. The van der Waals surface area contributed by atoms with Crippen LogP contribution in [0.5, 0.6) is 17.2 Å². The molecule has 0 fully saturated rings. The van der Waals surface area contributed by atoms with E-state index in [2.05, 4.69) is 0 Å². The summed E-state index contributed by atoms with van der Waals surface area (Å²) in [6.45, 7) is 0. The van der Waals surface area contributed by atoms with Gasteiger partial charge in [0, 0.05) is 18.2 Å². The van der Waals surface area contributed by atoms with Crippen LogP contribution in [0, 0.1) is 35.6 Å². The third-order valence-electron chi connectivity index (χ3n) is 3.05. The van der Waals surface area contributed by atoms with Gasteiger partial charge in [0.25, 0.3) is 0 Å². The molecule has 0 saturated heterocycles. The minimum absolute atomic E-state index is 0. The third-order valence-corrected chi connectivity index (χ3v) is 3.05. The minimum atomic E-state index is 0. The Morgan fingerprint density at radius 1 is 0.393 bits per heavy atom. The Labute approximate surface area is 189 Å². The van der Waals surface area contributed by atoms with Crippen LogP contribution in [0.2, 0.25) is 0 Å². The van der Waals surface area contributed by atoms with Crippen LogP contribution < -0.4 is 16.3 Å². The molecular formula is C21H24LaO6+9. The van der Waals surface area contributed by atoms with Gasteiger partial charge in [0.15, 0.2) is 0 Å². The van der Waals surface area contributed by atoms with E-state index in [1.807, 2.05) is 0 Å². The van der Waals surface area contributed by atoms with Crippen LogP contribution in [0.4, 0.5) is 0 Å². The predicted octanol–water partition coefficient (Wildman–Crippen LogP) is 0.387. The summed E-state index contributed by atoms with van der Waals surface area (Å²) < 4.78 is 0. The first-order valence-electron chi connectivity index (χ1n) is 7.90. The van der Waals surface area contributed by atoms with E-state index in [0.29, 0.717) is 0 Å². The first kappa shape index (κ1) is 25.3. The van der Waals surface area contributed by atoms with Crippen LogP contribution in [0.25, 0.3) is 0 Å². The van der Waals surface area contributed by atoms with Crippen LogP contribution in [-0.4, -0.2) is 29.7 Å². The fraction of sp³-hybridized carbons (Fsp3) is 0. The van der Waals surface area contributed by atoms with E-state index in [1.165, 1.54) is 36.4 Å². The number of rotatable bonds is 0. The second kappa shape index (κ2) is 14.3. The molecule has 28 heavy (non-hydrogen) atoms. The van der Waals surface area contributed by atoms with Crippen molar-refractivity contribution in [1.29, 1.82) is 0 Å². The Morgan fingerprint density at radius 3 is 0.857 bits per heavy atom. The Morgan fingerprint density at radius 2 is 0.607 bits per heavy atom. The smallest absolute Gasteiger partial charge is 0.587 e. The normalized spacial score (nSPS) is 8.57. The summed E-state index contributed by atoms with van der Waals surface area (Å²) in [7, 11) is 0. The molecule has 0 radical (unpaired) electrons. The monoisotopic (exact) mass is 511 g/mol. The number of hydrogen-bond donors (Lipinski definition) is 0. The second-order valence-corrected chi connectivity index (χ2v) is 5.13. The van der Waals surface area contributed by atoms with Gasteiger partial charge in [0.1, 0.15) is 0 Å². The topological polar surface area (TPSA) is 133 Å². The average molecular weight is 511 g/mol. The first-order chi connectivity index (χ1) is 12.9. The fourth-order valence-electron chi connectivity index (χ4n) is 1.61. The largest absolute Gasteiger partial charge is 3.00 e. The molecule has 7 heteroatoms. The Hall–Kier alpha value is -2.74. The molecule has 0 heterocycles. The zero-order chi connectivity index (χ0) is 20.1. The maximum Gasteiger partial charge on any atom is 3.00 e. The molecule has 0 unspecified atom stereocenters. The van der Waals surface area contributed by atoms with Gasteiger partial charge in [-0.1, -0.05) is 54.6 Å². The van der Waals surface area contributed by atoms with Gasteiger partial charge in [0.05, 0.1) is 18.2 Å². The predicted molar refractivity (Wildman–Crippen MR) is 104 cm³/mol. The third kappa shape index (κ3) is 10.4. The minimum Gasteiger partial charge on any atom is -0.587 e. The van der Waals surface area contributed by atoms with Crippen molar-refractivity contribution in [2.24, 2.45) is 0 Å². The van der Waals surface area contributed by atoms with Crippen molar-refractivity contribution in [2.45, 2.75) is 0 Å². The van der Waals surface area contributed by atoms with Crippen LogP contribution in [0.1, 0.15) is 0 Å². The standard InChI is InChI=1S/3C7H6O2.La/c3*8-6-4-2-1-3-5-7(6)9;/h3*1-5H,(H,8,9);/q;;;+3/p+6. The van der Waals surface area contributed by atoms with E-state index in [0.717, 1.165) is 0 Å². The van der Waals surface area contributed by atoms with E-state index in [1.54, 1.807) is 54.6 Å². The van der Waals surface area contributed by atoms with Crippen LogP contribution in [0.3, 0.4) is 0 Å². The molecule has 138 valence electrons. The summed E-state index contributed by atoms with van der Waals surface area (Å²) in [5.74, 6) is 0.458. The van der Waals surface area contributed by atoms with Gasteiger partial charge in [-0.2, -0.15) is 0 Å². The summed E-state index contributed by atoms with van der Waals surface area (Å²) in [6.07, 6.45) is 0. The molecule has 3 aromatic rings. The summed E-state index contributed by atoms with van der Waals surface area (Å²) in [4.78, 5) is 26.7. The average Bonchev–Trinajstić information content (AvgIpc) is 3.04. The van der Waals surface area contributed by atoms with Crippen LogP contribution in [0.15, 0.2) is 91.0 Å². The first-order valence-corrected chi connectivity index (χ1v) is 7.90. The van der Waals surface area contributed by atoms with Crippen LogP contribution in [-0.2, 0) is 0 Å². The molecule has 0 amide bonds. The molecule has 3 aromatic carbocycles. The van der Waals surface area contributed by atoms with E-state index in [4.69, 9.17) is 29.7 Å². The fourth-order valence-corrected chi connectivity index (χ4v) is 1.61. The zero-order valence-electron chi connectivity index (χ0n) is 15.1. The molecule has 3 rings (SSSR count). The SMILES string of the molecule is [La+3].[OH+]=c1cccccc1[OH2+].[OH+]=c1cccccc1[OH2+].[OH+]=c1cccccc1[OH2+]. The molecule has 0 spiro atoms. The van der Waals surface area contributed by atoms with Gasteiger partial charge < -0.3 is 15.3 Å². The van der Waals surface area contributed by atoms with Gasteiger partial charge >= 0.3 is 69.1 Å². The molecule has 0 saturated carbocycles. The van der Waals surface area contributed by atoms with E-state index in [-0.39, 0.29) is 69.1 Å². The summed E-state index contributed by atoms with van der Waals surface area (Å²) in [5.41, 5.74) is 0.0417. The maximum atomic E-state index is 8.89. The molecule has 0 atom stereocenters. The molecule has 0 aromatic heterocycles. The van der Waals surface area contributed by atoms with Crippen molar-refractivity contribution in [1.82, 2.24) is 0 Å². The van der Waals surface area contributed by atoms with Gasteiger partial charge in [-0.05, 0) is 0 Å². The van der Waals surface area contributed by atoms with Gasteiger partial charge in [-0.25, -0.2) is 0 Å². The van der Waals surface area contributed by atoms with Gasteiger partial charge in [-0.3, -0.25) is 14.4 Å². The molecule has 0 aliphatic heterocycles. The summed E-state index contributed by atoms with van der Waals surface area (Å²) in [5, 5.41) is 21.3. The number of hydrogen-bond acceptors (Lipinski definition) is 0.